The summed E-state index contributed by atoms with van der Waals surface area (Å²) in [5.74, 6) is -0.233. The lowest BCUT2D eigenvalue weighted by molar-refractivity contribution is 0.477. The average molecular weight is 302 g/mol. The largest absolute Gasteiger partial charge is 0.507 e. The van der Waals surface area contributed by atoms with Crippen LogP contribution in [0.15, 0.2) is 47.3 Å². The zero-order valence-electron chi connectivity index (χ0n) is 11.8. The molecule has 0 aliphatic carbocycles. The first-order valence-electron chi connectivity index (χ1n) is 6.69. The average Bonchev–Trinajstić information content (AvgIpc) is 2.97. The van der Waals surface area contributed by atoms with E-state index in [-0.39, 0.29) is 28.0 Å². The third-order valence-electron chi connectivity index (χ3n) is 3.49. The van der Waals surface area contributed by atoms with Gasteiger partial charge in [0.05, 0.1) is 22.4 Å². The highest BCUT2D eigenvalue weighted by molar-refractivity contribution is 5.84. The second kappa shape index (κ2) is 5.55. The SMILES string of the molecule is N#Cc1cc(O)c(-c2c(-c3ccccc3)[nH][nH]c2=O)cc1C#N. The summed E-state index contributed by atoms with van der Waals surface area (Å²) in [5.41, 5.74) is 1.40. The topological polar surface area (TPSA) is 116 Å². The highest BCUT2D eigenvalue weighted by atomic mass is 16.3. The Morgan fingerprint density at radius 3 is 2.26 bits per heavy atom. The molecule has 23 heavy (non-hydrogen) atoms. The Morgan fingerprint density at radius 1 is 0.957 bits per heavy atom. The molecule has 3 rings (SSSR count). The monoisotopic (exact) mass is 302 g/mol. The Balaban J connectivity index is 2.30. The van der Waals surface area contributed by atoms with Gasteiger partial charge in [0, 0.05) is 11.1 Å². The van der Waals surface area contributed by atoms with E-state index in [4.69, 9.17) is 10.5 Å². The first-order valence-corrected chi connectivity index (χ1v) is 6.69. The summed E-state index contributed by atoms with van der Waals surface area (Å²) in [6, 6.07) is 15.4. The van der Waals surface area contributed by atoms with Gasteiger partial charge >= 0.3 is 0 Å². The molecule has 1 heterocycles. The second-order valence-electron chi connectivity index (χ2n) is 4.83. The lowest BCUT2D eigenvalue weighted by Gasteiger charge is -2.07. The number of aromatic nitrogens is 2. The molecule has 0 amide bonds. The van der Waals surface area contributed by atoms with E-state index in [1.165, 1.54) is 12.1 Å². The Labute approximate surface area is 130 Å². The van der Waals surface area contributed by atoms with Crippen molar-refractivity contribution < 1.29 is 5.11 Å². The van der Waals surface area contributed by atoms with Crippen molar-refractivity contribution in [2.24, 2.45) is 0 Å². The van der Waals surface area contributed by atoms with Gasteiger partial charge in [-0.05, 0) is 12.1 Å². The zero-order chi connectivity index (χ0) is 16.4. The number of aromatic amines is 2. The maximum absolute atomic E-state index is 12.2. The standard InChI is InChI=1S/C17H10N4O2/c18-8-11-6-13(14(22)7-12(11)9-19)15-16(20-21-17(15)23)10-4-2-1-3-5-10/h1-7,22H,(H2,20,21,23). The van der Waals surface area contributed by atoms with Crippen molar-refractivity contribution >= 4 is 0 Å². The van der Waals surface area contributed by atoms with E-state index in [0.717, 1.165) is 5.56 Å². The van der Waals surface area contributed by atoms with Gasteiger partial charge in [0.2, 0.25) is 0 Å². The molecule has 2 aromatic carbocycles. The van der Waals surface area contributed by atoms with Crippen LogP contribution in [0.5, 0.6) is 5.75 Å². The van der Waals surface area contributed by atoms with Crippen LogP contribution in [0.2, 0.25) is 0 Å². The van der Waals surface area contributed by atoms with Gasteiger partial charge in [0.15, 0.2) is 0 Å². The van der Waals surface area contributed by atoms with Gasteiger partial charge in [-0.25, -0.2) is 0 Å². The van der Waals surface area contributed by atoms with Gasteiger partial charge in [0.25, 0.3) is 5.56 Å². The third kappa shape index (κ3) is 2.35. The Hall–Kier alpha value is -3.77. The van der Waals surface area contributed by atoms with Crippen LogP contribution in [0.3, 0.4) is 0 Å². The van der Waals surface area contributed by atoms with Crippen LogP contribution in [0.25, 0.3) is 22.4 Å². The number of nitriles is 2. The number of rotatable bonds is 2. The van der Waals surface area contributed by atoms with E-state index in [2.05, 4.69) is 10.2 Å². The molecule has 0 unspecified atom stereocenters. The Morgan fingerprint density at radius 2 is 1.61 bits per heavy atom. The molecule has 3 aromatic rings. The van der Waals surface area contributed by atoms with Gasteiger partial charge < -0.3 is 5.11 Å². The van der Waals surface area contributed by atoms with Crippen LogP contribution in [0, 0.1) is 22.7 Å². The molecule has 0 saturated heterocycles. The van der Waals surface area contributed by atoms with E-state index in [1.54, 1.807) is 0 Å². The van der Waals surface area contributed by atoms with Crippen LogP contribution < -0.4 is 5.56 Å². The number of hydrogen-bond donors (Lipinski definition) is 3. The molecule has 6 heteroatoms. The van der Waals surface area contributed by atoms with Crippen molar-refractivity contribution in [1.82, 2.24) is 10.2 Å². The fourth-order valence-corrected chi connectivity index (χ4v) is 2.41. The number of phenolic OH excluding ortho intramolecular Hbond substituents is 1. The Kier molecular flexibility index (Phi) is 3.42. The minimum Gasteiger partial charge on any atom is -0.507 e. The summed E-state index contributed by atoms with van der Waals surface area (Å²) >= 11 is 0. The molecule has 0 saturated carbocycles. The van der Waals surface area contributed by atoms with Crippen molar-refractivity contribution in [2.45, 2.75) is 0 Å². The quantitative estimate of drug-likeness (QED) is 0.674. The lowest BCUT2D eigenvalue weighted by Crippen LogP contribution is -2.02. The molecule has 0 fully saturated rings. The predicted molar refractivity (Wildman–Crippen MR) is 83.4 cm³/mol. The van der Waals surface area contributed by atoms with E-state index in [0.29, 0.717) is 5.69 Å². The number of phenols is 1. The summed E-state index contributed by atoms with van der Waals surface area (Å²) in [4.78, 5) is 12.2. The summed E-state index contributed by atoms with van der Waals surface area (Å²) in [7, 11) is 0. The normalized spacial score (nSPS) is 10.0. The van der Waals surface area contributed by atoms with Crippen molar-refractivity contribution in [3.8, 4) is 40.3 Å². The molecule has 1 aromatic heterocycles. The molecular weight excluding hydrogens is 292 g/mol. The third-order valence-corrected chi connectivity index (χ3v) is 3.49. The molecule has 3 N–H and O–H groups in total. The molecule has 0 aliphatic rings. The maximum atomic E-state index is 12.2. The number of aromatic hydroxyl groups is 1. The molecule has 0 spiro atoms. The molecular formula is C17H10N4O2. The number of H-pyrrole nitrogens is 2. The fourth-order valence-electron chi connectivity index (χ4n) is 2.41. The number of nitrogens with one attached hydrogen (secondary N) is 2. The van der Waals surface area contributed by atoms with Crippen molar-refractivity contribution in [3.05, 3.63) is 63.9 Å². The smallest absolute Gasteiger partial charge is 0.272 e. The van der Waals surface area contributed by atoms with E-state index >= 15 is 0 Å². The zero-order valence-corrected chi connectivity index (χ0v) is 11.8. The first kappa shape index (κ1) is 14.2. The highest BCUT2D eigenvalue weighted by Gasteiger charge is 2.19. The molecule has 0 radical (unpaired) electrons. The lowest BCUT2D eigenvalue weighted by atomic mass is 9.97. The highest BCUT2D eigenvalue weighted by Crippen LogP contribution is 2.35. The van der Waals surface area contributed by atoms with Gasteiger partial charge in [-0.2, -0.15) is 10.5 Å². The summed E-state index contributed by atoms with van der Waals surface area (Å²) < 4.78 is 0. The molecule has 0 atom stereocenters. The van der Waals surface area contributed by atoms with E-state index in [1.807, 2.05) is 42.5 Å². The summed E-state index contributed by atoms with van der Waals surface area (Å²) in [5, 5.41) is 33.6. The van der Waals surface area contributed by atoms with Crippen LogP contribution in [0.1, 0.15) is 11.1 Å². The maximum Gasteiger partial charge on any atom is 0.272 e. The molecule has 6 nitrogen and oxygen atoms in total. The molecule has 0 bridgehead atoms. The van der Waals surface area contributed by atoms with Crippen molar-refractivity contribution in [2.75, 3.05) is 0 Å². The van der Waals surface area contributed by atoms with Crippen molar-refractivity contribution in [3.63, 3.8) is 0 Å². The van der Waals surface area contributed by atoms with Crippen LogP contribution in [-0.2, 0) is 0 Å². The number of hydrogen-bond acceptors (Lipinski definition) is 4. The molecule has 110 valence electrons. The van der Waals surface area contributed by atoms with E-state index in [9.17, 15) is 9.90 Å². The van der Waals surface area contributed by atoms with Crippen LogP contribution >= 0.6 is 0 Å². The summed E-state index contributed by atoms with van der Waals surface area (Å²) in [6.07, 6.45) is 0. The second-order valence-corrected chi connectivity index (χ2v) is 4.83. The van der Waals surface area contributed by atoms with Gasteiger partial charge in [-0.3, -0.25) is 15.0 Å². The van der Waals surface area contributed by atoms with Crippen LogP contribution in [0.4, 0.5) is 0 Å². The molecule has 0 aliphatic heterocycles. The van der Waals surface area contributed by atoms with E-state index < -0.39 is 5.56 Å². The van der Waals surface area contributed by atoms with Crippen LogP contribution in [-0.4, -0.2) is 15.3 Å². The minimum atomic E-state index is -0.423. The number of benzene rings is 2. The van der Waals surface area contributed by atoms with Gasteiger partial charge in [-0.1, -0.05) is 30.3 Å². The van der Waals surface area contributed by atoms with Crippen molar-refractivity contribution in [1.29, 1.82) is 10.5 Å². The Bertz CT molecular complexity index is 1020. The first-order chi connectivity index (χ1) is 11.2. The fraction of sp³-hybridized carbons (Fsp3) is 0. The minimum absolute atomic E-state index is 0.0574. The van der Waals surface area contributed by atoms with Gasteiger partial charge in [0.1, 0.15) is 17.9 Å². The summed E-state index contributed by atoms with van der Waals surface area (Å²) in [6.45, 7) is 0. The van der Waals surface area contributed by atoms with Gasteiger partial charge in [-0.15, -0.1) is 0 Å². The predicted octanol–water partition coefficient (Wildman–Crippen LogP) is 2.49. The number of nitrogens with zero attached hydrogens (tertiary/aromatic N) is 2.